The Balaban J connectivity index is 1.46. The van der Waals surface area contributed by atoms with E-state index in [1.54, 1.807) is 0 Å². The van der Waals surface area contributed by atoms with Crippen molar-refractivity contribution in [1.29, 1.82) is 0 Å². The van der Waals surface area contributed by atoms with Crippen LogP contribution in [0.3, 0.4) is 0 Å². The van der Waals surface area contributed by atoms with Crippen molar-refractivity contribution in [2.24, 2.45) is 10.3 Å². The summed E-state index contributed by atoms with van der Waals surface area (Å²) in [5.41, 5.74) is -0.0684. The number of fused-ring (bicyclic) bond motifs is 1. The predicted octanol–water partition coefficient (Wildman–Crippen LogP) is -1.20. The topological polar surface area (TPSA) is 261 Å². The zero-order valence-electron chi connectivity index (χ0n) is 20.6. The SMILES string of the molecule is CON=C(C(=O)NC1C(=O)N2C(C(=O)O)=C(CSc3nnnn3CC(N=O)C(=O)O)CS[C@@H]12)c1csc(NC=O)n1. The van der Waals surface area contributed by atoms with E-state index in [4.69, 9.17) is 9.94 Å². The lowest BCUT2D eigenvalue weighted by molar-refractivity contribution is -0.150. The van der Waals surface area contributed by atoms with Gasteiger partial charge in [0.1, 0.15) is 29.9 Å². The van der Waals surface area contributed by atoms with Gasteiger partial charge in [-0.1, -0.05) is 22.1 Å². The number of carboxylic acids is 2. The third-order valence-corrected chi connectivity index (χ3v) is 8.65. The van der Waals surface area contributed by atoms with Crippen LogP contribution >= 0.6 is 34.9 Å². The standard InChI is InChI=1S/C19H18N10O9S3/c1-38-25-10(9-5-40-18(21-9)20-6-30)13(31)22-11-14(32)29-12(17(35)36)7(3-39-15(11)29)4-41-19-23-26-27-28(19)2-8(24-37)16(33)34/h5-6,8,11,15H,2-4H2,1H3,(H,22,31)(H,33,34)(H,35,36)(H,20,21,30)/t8?,11?,15-/m0/s1. The van der Waals surface area contributed by atoms with E-state index >= 15 is 0 Å². The Morgan fingerprint density at radius 1 is 1.37 bits per heavy atom. The Bertz CT molecular complexity index is 1460. The van der Waals surface area contributed by atoms with Crippen molar-refractivity contribution in [3.63, 3.8) is 0 Å². The number of rotatable bonds is 14. The van der Waals surface area contributed by atoms with Crippen molar-refractivity contribution >= 4 is 75.9 Å². The third-order valence-electron chi connectivity index (χ3n) is 5.50. The maximum Gasteiger partial charge on any atom is 0.352 e. The lowest BCUT2D eigenvalue weighted by atomic mass is 10.0. The molecule has 4 N–H and O–H groups in total. The number of aliphatic carboxylic acids is 2. The number of tetrazole rings is 1. The van der Waals surface area contributed by atoms with Crippen molar-refractivity contribution < 1.29 is 39.0 Å². The van der Waals surface area contributed by atoms with E-state index in [2.05, 4.69) is 41.5 Å². The molecule has 0 aliphatic carbocycles. The highest BCUT2D eigenvalue weighted by Gasteiger charge is 2.54. The van der Waals surface area contributed by atoms with E-state index in [0.29, 0.717) is 12.0 Å². The van der Waals surface area contributed by atoms with Crippen LogP contribution in [0.15, 0.2) is 32.1 Å². The number of carbonyl (C=O) groups is 5. The van der Waals surface area contributed by atoms with Crippen LogP contribution in [0.1, 0.15) is 5.69 Å². The van der Waals surface area contributed by atoms with Gasteiger partial charge in [0.25, 0.3) is 11.8 Å². The average molecular weight is 627 g/mol. The second kappa shape index (κ2) is 12.8. The van der Waals surface area contributed by atoms with Crippen molar-refractivity contribution in [3.05, 3.63) is 27.3 Å². The molecule has 4 rings (SSSR count). The Morgan fingerprint density at radius 3 is 2.80 bits per heavy atom. The number of amides is 3. The first-order chi connectivity index (χ1) is 19.7. The molecule has 2 aliphatic heterocycles. The number of carbonyl (C=O) groups excluding carboxylic acids is 3. The van der Waals surface area contributed by atoms with E-state index < -0.39 is 47.8 Å². The molecule has 2 aliphatic rings. The maximum absolute atomic E-state index is 13.0. The van der Waals surface area contributed by atoms with Gasteiger partial charge in [-0.3, -0.25) is 19.3 Å². The van der Waals surface area contributed by atoms with Crippen LogP contribution in [0.5, 0.6) is 0 Å². The molecule has 0 aromatic carbocycles. The lowest BCUT2D eigenvalue weighted by Gasteiger charge is -2.49. The molecule has 22 heteroatoms. The van der Waals surface area contributed by atoms with E-state index in [0.717, 1.165) is 32.7 Å². The number of anilines is 1. The molecule has 0 saturated carbocycles. The minimum Gasteiger partial charge on any atom is -0.480 e. The molecule has 216 valence electrons. The summed E-state index contributed by atoms with van der Waals surface area (Å²) >= 11 is 3.24. The maximum atomic E-state index is 13.0. The highest BCUT2D eigenvalue weighted by atomic mass is 32.2. The molecule has 0 spiro atoms. The molecule has 41 heavy (non-hydrogen) atoms. The molecule has 0 radical (unpaired) electrons. The molecule has 2 aromatic rings. The minimum atomic E-state index is -1.62. The van der Waals surface area contributed by atoms with E-state index in [1.807, 2.05) is 0 Å². The zero-order valence-corrected chi connectivity index (χ0v) is 23.0. The van der Waals surface area contributed by atoms with Crippen LogP contribution in [0.25, 0.3) is 0 Å². The summed E-state index contributed by atoms with van der Waals surface area (Å²) < 4.78 is 1.06. The summed E-state index contributed by atoms with van der Waals surface area (Å²) in [4.78, 5) is 80.6. The number of hydrogen-bond acceptors (Lipinski definition) is 16. The summed E-state index contributed by atoms with van der Waals surface area (Å²) in [5, 5.41) is 41.9. The Labute approximate surface area is 240 Å². The summed E-state index contributed by atoms with van der Waals surface area (Å²) in [6, 6.07) is -2.69. The molecular weight excluding hydrogens is 608 g/mol. The van der Waals surface area contributed by atoms with E-state index in [-0.39, 0.29) is 38.9 Å². The lowest BCUT2D eigenvalue weighted by Crippen LogP contribution is -2.71. The van der Waals surface area contributed by atoms with Gasteiger partial charge in [-0.25, -0.2) is 19.3 Å². The van der Waals surface area contributed by atoms with Crippen molar-refractivity contribution in [1.82, 2.24) is 35.4 Å². The fourth-order valence-corrected chi connectivity index (χ4v) is 6.71. The predicted molar refractivity (Wildman–Crippen MR) is 141 cm³/mol. The monoisotopic (exact) mass is 626 g/mol. The summed E-state index contributed by atoms with van der Waals surface area (Å²) in [6.07, 6.45) is 0.417. The number of nitroso groups, excluding NO2 is 1. The molecule has 2 aromatic heterocycles. The molecular formula is C19H18N10O9S3. The van der Waals surface area contributed by atoms with Gasteiger partial charge in [-0.2, -0.15) is 0 Å². The van der Waals surface area contributed by atoms with Crippen LogP contribution in [-0.2, 0) is 35.4 Å². The van der Waals surface area contributed by atoms with Crippen LogP contribution in [-0.4, -0.2) is 112 Å². The second-order valence-electron chi connectivity index (χ2n) is 7.93. The first-order valence-electron chi connectivity index (χ1n) is 11.1. The highest BCUT2D eigenvalue weighted by molar-refractivity contribution is 8.01. The fraction of sp³-hybridized carbons (Fsp3) is 0.368. The number of carboxylic acid groups (broad SMARTS) is 2. The highest BCUT2D eigenvalue weighted by Crippen LogP contribution is 2.41. The van der Waals surface area contributed by atoms with Crippen molar-refractivity contribution in [2.45, 2.75) is 29.2 Å². The number of thiazole rings is 1. The molecule has 19 nitrogen and oxygen atoms in total. The smallest absolute Gasteiger partial charge is 0.352 e. The number of nitrogens with one attached hydrogen (secondary N) is 2. The van der Waals surface area contributed by atoms with Gasteiger partial charge < -0.3 is 25.7 Å². The summed E-state index contributed by atoms with van der Waals surface area (Å²) in [5.74, 6) is -4.08. The molecule has 2 unspecified atom stereocenters. The van der Waals surface area contributed by atoms with Gasteiger partial charge >= 0.3 is 11.9 Å². The number of oxime groups is 1. The Hall–Kier alpha value is -4.44. The first-order valence-corrected chi connectivity index (χ1v) is 14.0. The summed E-state index contributed by atoms with van der Waals surface area (Å²) in [7, 11) is 1.21. The van der Waals surface area contributed by atoms with Gasteiger partial charge in [0, 0.05) is 16.9 Å². The second-order valence-corrected chi connectivity index (χ2v) is 10.8. The number of β-lactam (4-membered cyclic amide) rings is 1. The third kappa shape index (κ3) is 6.17. The van der Waals surface area contributed by atoms with Gasteiger partial charge in [0.15, 0.2) is 10.8 Å². The summed E-state index contributed by atoms with van der Waals surface area (Å²) in [6.45, 7) is -0.425. The molecule has 3 atom stereocenters. The number of hydrogen-bond donors (Lipinski definition) is 4. The Kier molecular flexibility index (Phi) is 9.24. The van der Waals surface area contributed by atoms with Crippen LogP contribution in [0.2, 0.25) is 0 Å². The molecule has 0 bridgehead atoms. The molecule has 3 amide bonds. The zero-order chi connectivity index (χ0) is 29.7. The largest absolute Gasteiger partial charge is 0.480 e. The van der Waals surface area contributed by atoms with E-state index in [1.165, 1.54) is 24.3 Å². The Morgan fingerprint density at radius 2 is 2.15 bits per heavy atom. The molecule has 1 saturated heterocycles. The van der Waals surface area contributed by atoms with Gasteiger partial charge in [0.2, 0.25) is 17.6 Å². The first kappa shape index (κ1) is 29.5. The number of aromatic nitrogens is 5. The van der Waals surface area contributed by atoms with Crippen LogP contribution < -0.4 is 10.6 Å². The minimum absolute atomic E-state index is 0.0282. The quantitative estimate of drug-likeness (QED) is 0.0479. The van der Waals surface area contributed by atoms with Gasteiger partial charge in [-0.05, 0) is 16.0 Å². The van der Waals surface area contributed by atoms with E-state index in [9.17, 15) is 34.0 Å². The molecule has 4 heterocycles. The normalized spacial score (nSPS) is 19.1. The van der Waals surface area contributed by atoms with Crippen molar-refractivity contribution in [2.75, 3.05) is 23.9 Å². The fourth-order valence-electron chi connectivity index (χ4n) is 3.69. The van der Waals surface area contributed by atoms with Gasteiger partial charge in [-0.15, -0.1) is 33.1 Å². The number of nitrogens with zero attached hydrogens (tertiary/aromatic N) is 8. The average Bonchev–Trinajstić information content (AvgIpc) is 3.60. The van der Waals surface area contributed by atoms with Crippen molar-refractivity contribution in [3.8, 4) is 0 Å². The number of thioether (sulfide) groups is 2. The van der Waals surface area contributed by atoms with Gasteiger partial charge in [0.05, 0.1) is 6.54 Å². The molecule has 1 fully saturated rings. The van der Waals surface area contributed by atoms with Crippen LogP contribution in [0.4, 0.5) is 5.13 Å². The van der Waals surface area contributed by atoms with Crippen LogP contribution in [0, 0.1) is 4.91 Å².